The average molecular weight is 308 g/mol. The predicted molar refractivity (Wildman–Crippen MR) is 77.8 cm³/mol. The summed E-state index contributed by atoms with van der Waals surface area (Å²) in [7, 11) is 1.12. The van der Waals surface area contributed by atoms with Crippen LogP contribution >= 0.6 is 0 Å². The third-order valence-corrected chi connectivity index (χ3v) is 2.66. The highest BCUT2D eigenvalue weighted by atomic mass is 16.6. The van der Waals surface area contributed by atoms with Crippen molar-refractivity contribution < 1.29 is 28.6 Å². The quantitative estimate of drug-likeness (QED) is 0.411. The molecule has 1 rings (SSSR count). The number of carbonyl (C=O) groups excluding carboxylic acids is 3. The van der Waals surface area contributed by atoms with Gasteiger partial charge in [0.15, 0.2) is 0 Å². The Hall–Kier alpha value is -2.21. The van der Waals surface area contributed by atoms with E-state index in [1.807, 2.05) is 19.9 Å². The number of benzene rings is 1. The molecular formula is C16H20O6. The fraction of sp³-hybridized carbons (Fsp3) is 0.438. The molecule has 0 N–H and O–H groups in total. The molecule has 0 amide bonds. The van der Waals surface area contributed by atoms with Gasteiger partial charge in [0.1, 0.15) is 0 Å². The van der Waals surface area contributed by atoms with Crippen LogP contribution in [-0.4, -0.2) is 37.5 Å². The summed E-state index contributed by atoms with van der Waals surface area (Å²) < 4.78 is 14.6. The predicted octanol–water partition coefficient (Wildman–Crippen LogP) is 1.51. The van der Waals surface area contributed by atoms with Gasteiger partial charge in [-0.25, -0.2) is 9.59 Å². The van der Waals surface area contributed by atoms with E-state index in [1.54, 1.807) is 24.3 Å². The van der Waals surface area contributed by atoms with Crippen molar-refractivity contribution in [2.24, 2.45) is 5.92 Å². The number of esters is 2. The molecule has 0 saturated heterocycles. The molecule has 0 spiro atoms. The summed E-state index contributed by atoms with van der Waals surface area (Å²) in [4.78, 5) is 35.3. The van der Waals surface area contributed by atoms with Crippen LogP contribution < -0.4 is 0 Å². The van der Waals surface area contributed by atoms with Crippen molar-refractivity contribution in [3.05, 3.63) is 35.9 Å². The van der Waals surface area contributed by atoms with Crippen LogP contribution in [0.25, 0.3) is 0 Å². The lowest BCUT2D eigenvalue weighted by Crippen LogP contribution is -2.39. The Morgan fingerprint density at radius 3 is 2.27 bits per heavy atom. The van der Waals surface area contributed by atoms with Crippen molar-refractivity contribution in [2.75, 3.05) is 13.7 Å². The Bertz CT molecular complexity index is 509. The molecule has 0 bridgehead atoms. The molecule has 0 saturated carbocycles. The van der Waals surface area contributed by atoms with Gasteiger partial charge in [-0.05, 0) is 11.5 Å². The molecule has 1 unspecified atom stereocenters. The number of hydrogen-bond acceptors (Lipinski definition) is 6. The lowest BCUT2D eigenvalue weighted by atomic mass is 10.2. The van der Waals surface area contributed by atoms with Crippen LogP contribution in [0.4, 0.5) is 0 Å². The van der Waals surface area contributed by atoms with Crippen molar-refractivity contribution in [1.29, 1.82) is 0 Å². The van der Waals surface area contributed by atoms with Crippen molar-refractivity contribution >= 4 is 17.7 Å². The van der Waals surface area contributed by atoms with E-state index in [2.05, 4.69) is 4.74 Å². The summed E-state index contributed by atoms with van der Waals surface area (Å²) >= 11 is 0. The third-order valence-electron chi connectivity index (χ3n) is 2.66. The summed E-state index contributed by atoms with van der Waals surface area (Å²) in [5.41, 5.74) is 0.764. The third kappa shape index (κ3) is 5.65. The molecule has 0 aliphatic heterocycles. The van der Waals surface area contributed by atoms with Crippen LogP contribution in [-0.2, 0) is 35.2 Å². The number of rotatable bonds is 8. The largest absolute Gasteiger partial charge is 0.467 e. The zero-order valence-electron chi connectivity index (χ0n) is 12.9. The van der Waals surface area contributed by atoms with Crippen molar-refractivity contribution in [1.82, 2.24) is 0 Å². The second-order valence-corrected chi connectivity index (χ2v) is 5.06. The number of Topliss-reactive ketones (excluding diaryl/α,β-unsaturated/α-hetero) is 1. The summed E-state index contributed by atoms with van der Waals surface area (Å²) in [5.74, 6) is -3.01. The van der Waals surface area contributed by atoms with Crippen molar-refractivity contribution in [2.45, 2.75) is 26.6 Å². The van der Waals surface area contributed by atoms with Crippen molar-refractivity contribution in [3.8, 4) is 0 Å². The Labute approximate surface area is 129 Å². The monoisotopic (exact) mass is 308 g/mol. The van der Waals surface area contributed by atoms with Crippen LogP contribution in [0.5, 0.6) is 0 Å². The normalized spacial score (nSPS) is 11.8. The molecule has 1 aromatic rings. The SMILES string of the molecule is COC(=O)C(OCc1ccccc1)C(=O)C(=O)OCC(C)C. The van der Waals surface area contributed by atoms with Gasteiger partial charge in [-0.1, -0.05) is 44.2 Å². The van der Waals surface area contributed by atoms with Gasteiger partial charge in [-0.3, -0.25) is 4.79 Å². The van der Waals surface area contributed by atoms with Gasteiger partial charge < -0.3 is 14.2 Å². The van der Waals surface area contributed by atoms with Gasteiger partial charge in [0.25, 0.3) is 5.78 Å². The molecule has 0 heterocycles. The van der Waals surface area contributed by atoms with Gasteiger partial charge in [0.05, 0.1) is 20.3 Å². The second-order valence-electron chi connectivity index (χ2n) is 5.06. The van der Waals surface area contributed by atoms with Gasteiger partial charge in [-0.15, -0.1) is 0 Å². The summed E-state index contributed by atoms with van der Waals surface area (Å²) in [6.45, 7) is 3.77. The molecule has 0 aliphatic carbocycles. The highest BCUT2D eigenvalue weighted by Gasteiger charge is 2.35. The fourth-order valence-corrected chi connectivity index (χ4v) is 1.53. The van der Waals surface area contributed by atoms with Gasteiger partial charge >= 0.3 is 11.9 Å². The highest BCUT2D eigenvalue weighted by Crippen LogP contribution is 2.07. The zero-order valence-corrected chi connectivity index (χ0v) is 12.9. The van der Waals surface area contributed by atoms with Crippen molar-refractivity contribution in [3.63, 3.8) is 0 Å². The summed E-state index contributed by atoms with van der Waals surface area (Å²) in [6.07, 6.45) is -1.62. The summed E-state index contributed by atoms with van der Waals surface area (Å²) in [5, 5.41) is 0. The standard InChI is InChI=1S/C16H20O6/c1-11(2)9-22-15(18)13(17)14(16(19)20-3)21-10-12-7-5-4-6-8-12/h4-8,11,14H,9-10H2,1-3H3. The van der Waals surface area contributed by atoms with Crippen LogP contribution in [0, 0.1) is 5.92 Å². The lowest BCUT2D eigenvalue weighted by Gasteiger charge is -2.14. The zero-order chi connectivity index (χ0) is 16.5. The van der Waals surface area contributed by atoms with E-state index < -0.39 is 23.8 Å². The molecule has 1 aromatic carbocycles. The lowest BCUT2D eigenvalue weighted by molar-refractivity contribution is -0.169. The maximum absolute atomic E-state index is 12.0. The van der Waals surface area contributed by atoms with E-state index in [0.717, 1.165) is 12.7 Å². The van der Waals surface area contributed by atoms with E-state index in [4.69, 9.17) is 9.47 Å². The topological polar surface area (TPSA) is 78.9 Å². The number of carbonyl (C=O) groups is 3. The number of hydrogen-bond donors (Lipinski definition) is 0. The van der Waals surface area contributed by atoms with Crippen LogP contribution in [0.15, 0.2) is 30.3 Å². The Balaban J connectivity index is 2.69. The molecule has 0 fully saturated rings. The molecule has 22 heavy (non-hydrogen) atoms. The smallest absolute Gasteiger partial charge is 0.378 e. The minimum atomic E-state index is -1.62. The molecule has 6 nitrogen and oxygen atoms in total. The minimum absolute atomic E-state index is 0.00378. The Morgan fingerprint density at radius 1 is 1.09 bits per heavy atom. The van der Waals surface area contributed by atoms with Crippen LogP contribution in [0.2, 0.25) is 0 Å². The second kappa shape index (κ2) is 8.94. The molecule has 0 aromatic heterocycles. The van der Waals surface area contributed by atoms with E-state index in [0.29, 0.717) is 0 Å². The van der Waals surface area contributed by atoms with Gasteiger partial charge in [0.2, 0.25) is 6.10 Å². The molecule has 1 atom stereocenters. The van der Waals surface area contributed by atoms with Crippen LogP contribution in [0.1, 0.15) is 19.4 Å². The first-order valence-electron chi connectivity index (χ1n) is 6.90. The molecule has 0 aliphatic rings. The molecule has 120 valence electrons. The van der Waals surface area contributed by atoms with Crippen LogP contribution in [0.3, 0.4) is 0 Å². The first-order valence-corrected chi connectivity index (χ1v) is 6.90. The average Bonchev–Trinajstić information content (AvgIpc) is 2.53. The number of ketones is 1. The van der Waals surface area contributed by atoms with E-state index in [9.17, 15) is 14.4 Å². The van der Waals surface area contributed by atoms with Gasteiger partial charge in [0, 0.05) is 0 Å². The van der Waals surface area contributed by atoms with E-state index in [-0.39, 0.29) is 19.1 Å². The highest BCUT2D eigenvalue weighted by molar-refractivity contribution is 6.39. The minimum Gasteiger partial charge on any atom is -0.467 e. The van der Waals surface area contributed by atoms with E-state index in [1.165, 1.54) is 0 Å². The summed E-state index contributed by atoms with van der Waals surface area (Å²) in [6, 6.07) is 8.97. The maximum Gasteiger partial charge on any atom is 0.378 e. The maximum atomic E-state index is 12.0. The first kappa shape index (κ1) is 17.8. The molecular weight excluding hydrogens is 288 g/mol. The Kier molecular flexibility index (Phi) is 7.25. The van der Waals surface area contributed by atoms with Gasteiger partial charge in [-0.2, -0.15) is 0 Å². The number of methoxy groups -OCH3 is 1. The Morgan fingerprint density at radius 2 is 1.73 bits per heavy atom. The molecule has 0 radical (unpaired) electrons. The molecule has 6 heteroatoms. The first-order chi connectivity index (χ1) is 10.5. The van der Waals surface area contributed by atoms with E-state index >= 15 is 0 Å². The fourth-order valence-electron chi connectivity index (χ4n) is 1.53. The number of ether oxygens (including phenoxy) is 3.